The van der Waals surface area contributed by atoms with Crippen molar-refractivity contribution < 1.29 is 19.1 Å². The zero-order valence-corrected chi connectivity index (χ0v) is 21.6. The second-order valence-corrected chi connectivity index (χ2v) is 10.6. The van der Waals surface area contributed by atoms with Gasteiger partial charge in [0.1, 0.15) is 17.0 Å². The molecule has 0 saturated heterocycles. The van der Waals surface area contributed by atoms with Crippen molar-refractivity contribution in [3.63, 3.8) is 0 Å². The normalized spacial score (nSPS) is 20.7. The predicted octanol–water partition coefficient (Wildman–Crippen LogP) is 4.32. The molecule has 35 heavy (non-hydrogen) atoms. The fourth-order valence-electron chi connectivity index (χ4n) is 5.63. The number of hydrogen-bond donors (Lipinski definition) is 2. The van der Waals surface area contributed by atoms with Crippen molar-refractivity contribution in [1.29, 1.82) is 0 Å². The van der Waals surface area contributed by atoms with E-state index in [0.717, 1.165) is 49.4 Å². The molecule has 1 aliphatic heterocycles. The summed E-state index contributed by atoms with van der Waals surface area (Å²) in [7, 11) is 1.59. The maximum Gasteiger partial charge on any atom is 0.273 e. The zero-order chi connectivity index (χ0) is 25.3. The van der Waals surface area contributed by atoms with Gasteiger partial charge in [-0.15, -0.1) is 0 Å². The van der Waals surface area contributed by atoms with Crippen molar-refractivity contribution in [2.75, 3.05) is 19.0 Å². The molecule has 8 heteroatoms. The molecule has 1 aromatic heterocycles. The Morgan fingerprint density at radius 1 is 1.20 bits per heavy atom. The Kier molecular flexibility index (Phi) is 7.10. The van der Waals surface area contributed by atoms with Crippen LogP contribution < -0.4 is 15.4 Å². The van der Waals surface area contributed by atoms with Gasteiger partial charge in [-0.3, -0.25) is 14.4 Å². The summed E-state index contributed by atoms with van der Waals surface area (Å²) in [5.41, 5.74) is 0.672. The smallest absolute Gasteiger partial charge is 0.273 e. The average Bonchev–Trinajstić information content (AvgIpc) is 3.11. The van der Waals surface area contributed by atoms with Gasteiger partial charge in [-0.25, -0.2) is 0 Å². The van der Waals surface area contributed by atoms with Gasteiger partial charge >= 0.3 is 0 Å². The van der Waals surface area contributed by atoms with Gasteiger partial charge in [0.25, 0.3) is 5.91 Å². The van der Waals surface area contributed by atoms with E-state index in [0.29, 0.717) is 36.1 Å². The SMILES string of the molecule is COc1ccc2c(c1)c(NC(C)=O)c1n2CC(C)(C(=O)NCCC(C)C)N(C2CCCCC2)C1=O. The summed E-state index contributed by atoms with van der Waals surface area (Å²) >= 11 is 0. The van der Waals surface area contributed by atoms with Crippen molar-refractivity contribution in [2.24, 2.45) is 5.92 Å². The number of benzene rings is 1. The lowest BCUT2D eigenvalue weighted by atomic mass is 9.86. The number of fused-ring (bicyclic) bond motifs is 3. The number of nitrogens with one attached hydrogen (secondary N) is 2. The number of carbonyl (C=O) groups is 3. The Morgan fingerprint density at radius 2 is 1.91 bits per heavy atom. The third-order valence-electron chi connectivity index (χ3n) is 7.43. The number of ether oxygens (including phenoxy) is 1. The van der Waals surface area contributed by atoms with Crippen LogP contribution in [0.1, 0.15) is 76.7 Å². The fourth-order valence-corrected chi connectivity index (χ4v) is 5.63. The molecule has 0 spiro atoms. The van der Waals surface area contributed by atoms with E-state index < -0.39 is 5.54 Å². The lowest BCUT2D eigenvalue weighted by Crippen LogP contribution is -2.67. The number of nitrogens with zero attached hydrogens (tertiary/aromatic N) is 2. The summed E-state index contributed by atoms with van der Waals surface area (Å²) in [6.07, 6.45) is 5.86. The van der Waals surface area contributed by atoms with Crippen molar-refractivity contribution in [3.05, 3.63) is 23.9 Å². The van der Waals surface area contributed by atoms with Gasteiger partial charge in [-0.1, -0.05) is 33.1 Å². The molecule has 3 amide bonds. The van der Waals surface area contributed by atoms with Crippen LogP contribution in [0, 0.1) is 5.92 Å². The maximum atomic E-state index is 14.3. The third kappa shape index (κ3) is 4.62. The van der Waals surface area contributed by atoms with Gasteiger partial charge in [0, 0.05) is 24.9 Å². The summed E-state index contributed by atoms with van der Waals surface area (Å²) in [5, 5.41) is 6.75. The molecule has 1 aromatic carbocycles. The summed E-state index contributed by atoms with van der Waals surface area (Å²) in [4.78, 5) is 42.0. The molecule has 190 valence electrons. The topological polar surface area (TPSA) is 92.7 Å². The van der Waals surface area contributed by atoms with E-state index >= 15 is 0 Å². The highest BCUT2D eigenvalue weighted by Gasteiger charge is 2.51. The van der Waals surface area contributed by atoms with Crippen LogP contribution in [-0.4, -0.2) is 52.4 Å². The summed E-state index contributed by atoms with van der Waals surface area (Å²) in [6.45, 7) is 8.48. The van der Waals surface area contributed by atoms with Crippen molar-refractivity contribution >= 4 is 34.3 Å². The van der Waals surface area contributed by atoms with Crippen LogP contribution >= 0.6 is 0 Å². The van der Waals surface area contributed by atoms with Gasteiger partial charge in [-0.05, 0) is 50.3 Å². The van der Waals surface area contributed by atoms with Crippen molar-refractivity contribution in [3.8, 4) is 5.75 Å². The molecule has 1 fully saturated rings. The molecular formula is C27H38N4O4. The zero-order valence-electron chi connectivity index (χ0n) is 21.6. The van der Waals surface area contributed by atoms with Crippen molar-refractivity contribution in [1.82, 2.24) is 14.8 Å². The number of hydrogen-bond acceptors (Lipinski definition) is 4. The van der Waals surface area contributed by atoms with Gasteiger partial charge in [0.05, 0.1) is 24.9 Å². The van der Waals surface area contributed by atoms with Crippen LogP contribution in [0.2, 0.25) is 0 Å². The van der Waals surface area contributed by atoms with Crippen LogP contribution in [-0.2, 0) is 16.1 Å². The number of anilines is 1. The highest BCUT2D eigenvalue weighted by atomic mass is 16.5. The molecule has 0 radical (unpaired) electrons. The minimum absolute atomic E-state index is 0.0106. The Morgan fingerprint density at radius 3 is 2.54 bits per heavy atom. The molecule has 1 atom stereocenters. The van der Waals surface area contributed by atoms with Crippen molar-refractivity contribution in [2.45, 2.75) is 84.3 Å². The first-order valence-electron chi connectivity index (χ1n) is 12.8. The molecular weight excluding hydrogens is 444 g/mol. The molecule has 4 rings (SSSR count). The second-order valence-electron chi connectivity index (χ2n) is 10.6. The van der Waals surface area contributed by atoms with Crippen LogP contribution in [0.5, 0.6) is 5.75 Å². The fraction of sp³-hybridized carbons (Fsp3) is 0.593. The van der Waals surface area contributed by atoms with E-state index in [9.17, 15) is 14.4 Å². The lowest BCUT2D eigenvalue weighted by molar-refractivity contribution is -0.134. The first-order chi connectivity index (χ1) is 16.7. The van der Waals surface area contributed by atoms with E-state index in [1.807, 2.05) is 34.6 Å². The first kappa shape index (κ1) is 25.1. The Labute approximate surface area is 207 Å². The van der Waals surface area contributed by atoms with Crippen LogP contribution in [0.4, 0.5) is 5.69 Å². The summed E-state index contributed by atoms with van der Waals surface area (Å²) in [6, 6.07) is 5.56. The molecule has 0 bridgehead atoms. The monoisotopic (exact) mass is 482 g/mol. The van der Waals surface area contributed by atoms with Gasteiger partial charge in [0.15, 0.2) is 0 Å². The van der Waals surface area contributed by atoms with E-state index in [2.05, 4.69) is 24.5 Å². The molecule has 8 nitrogen and oxygen atoms in total. The van der Waals surface area contributed by atoms with Gasteiger partial charge in [0.2, 0.25) is 11.8 Å². The minimum Gasteiger partial charge on any atom is -0.497 e. The second kappa shape index (κ2) is 9.91. The number of carbonyl (C=O) groups excluding carboxylic acids is 3. The number of methoxy groups -OCH3 is 1. The molecule has 2 N–H and O–H groups in total. The van der Waals surface area contributed by atoms with Crippen LogP contribution in [0.15, 0.2) is 18.2 Å². The Balaban J connectivity index is 1.86. The van der Waals surface area contributed by atoms with Crippen LogP contribution in [0.25, 0.3) is 10.9 Å². The molecule has 2 heterocycles. The molecule has 2 aromatic rings. The molecule has 2 aliphatic rings. The van der Waals surface area contributed by atoms with Gasteiger partial charge < -0.3 is 24.8 Å². The average molecular weight is 483 g/mol. The summed E-state index contributed by atoms with van der Waals surface area (Å²) < 4.78 is 7.33. The maximum absolute atomic E-state index is 14.3. The minimum atomic E-state index is -1.04. The number of rotatable bonds is 7. The third-order valence-corrected chi connectivity index (χ3v) is 7.43. The van der Waals surface area contributed by atoms with E-state index in [1.54, 1.807) is 7.11 Å². The standard InChI is InChI=1S/C27H38N4O4/c1-17(2)13-14-28-26(34)27(4)16-30-22-12-11-20(35-5)15-21(22)23(29-18(3)32)24(30)25(33)31(27)19-9-7-6-8-10-19/h11-12,15,17,19H,6-10,13-14,16H2,1-5H3,(H,28,34)(H,29,32). The predicted molar refractivity (Wildman–Crippen MR) is 137 cm³/mol. The molecule has 1 unspecified atom stereocenters. The summed E-state index contributed by atoms with van der Waals surface area (Å²) in [5.74, 6) is 0.529. The highest BCUT2D eigenvalue weighted by molar-refractivity contribution is 6.14. The largest absolute Gasteiger partial charge is 0.497 e. The highest BCUT2D eigenvalue weighted by Crippen LogP contribution is 2.42. The quantitative estimate of drug-likeness (QED) is 0.615. The number of amides is 3. The molecule has 1 saturated carbocycles. The molecule has 1 aliphatic carbocycles. The van der Waals surface area contributed by atoms with E-state index in [1.165, 1.54) is 6.92 Å². The lowest BCUT2D eigenvalue weighted by Gasteiger charge is -2.49. The number of aromatic nitrogens is 1. The van der Waals surface area contributed by atoms with E-state index in [-0.39, 0.29) is 23.8 Å². The van der Waals surface area contributed by atoms with E-state index in [4.69, 9.17) is 4.74 Å². The van der Waals surface area contributed by atoms with Gasteiger partial charge in [-0.2, -0.15) is 0 Å². The Hall–Kier alpha value is -3.03. The first-order valence-corrected chi connectivity index (χ1v) is 12.8. The Bertz CT molecular complexity index is 1130. The van der Waals surface area contributed by atoms with Crippen LogP contribution in [0.3, 0.4) is 0 Å².